The van der Waals surface area contributed by atoms with E-state index in [2.05, 4.69) is 5.32 Å². The zero-order chi connectivity index (χ0) is 20.8. The van der Waals surface area contributed by atoms with Crippen LogP contribution in [-0.2, 0) is 9.59 Å². The molecule has 1 fully saturated rings. The van der Waals surface area contributed by atoms with Crippen molar-refractivity contribution in [3.05, 3.63) is 71.0 Å². The zero-order valence-corrected chi connectivity index (χ0v) is 16.8. The van der Waals surface area contributed by atoms with Gasteiger partial charge >= 0.3 is 0 Å². The number of nitrogens with one attached hydrogen (secondary N) is 1. The third kappa shape index (κ3) is 5.74. The van der Waals surface area contributed by atoms with Gasteiger partial charge < -0.3 is 10.2 Å². The van der Waals surface area contributed by atoms with E-state index in [0.717, 1.165) is 16.8 Å². The summed E-state index contributed by atoms with van der Waals surface area (Å²) in [5.74, 6) is -0.481. The van der Waals surface area contributed by atoms with Gasteiger partial charge in [-0.05, 0) is 54.8 Å². The van der Waals surface area contributed by atoms with Crippen molar-refractivity contribution in [2.45, 2.75) is 13.8 Å². The maximum atomic E-state index is 13.2. The van der Waals surface area contributed by atoms with Crippen LogP contribution >= 0.6 is 0 Å². The number of hydrogen-bond acceptors (Lipinski definition) is 3. The molecule has 1 aliphatic heterocycles. The number of hydrogen-bond donors (Lipinski definition) is 1. The van der Waals surface area contributed by atoms with Crippen molar-refractivity contribution < 1.29 is 14.0 Å². The molecule has 1 heterocycles. The number of benzene rings is 2. The number of carbonyl (C=O) groups excluding carboxylic acids is 2. The first-order valence-corrected chi connectivity index (χ1v) is 9.73. The minimum atomic E-state index is -0.327. The summed E-state index contributed by atoms with van der Waals surface area (Å²) >= 11 is 0. The molecule has 6 heteroatoms. The van der Waals surface area contributed by atoms with E-state index in [1.165, 1.54) is 18.2 Å². The summed E-state index contributed by atoms with van der Waals surface area (Å²) in [5.41, 5.74) is 3.70. The summed E-state index contributed by atoms with van der Waals surface area (Å²) in [6.07, 6.45) is 3.09. The van der Waals surface area contributed by atoms with E-state index in [1.54, 1.807) is 23.1 Å². The summed E-state index contributed by atoms with van der Waals surface area (Å²) in [6, 6.07) is 12.0. The number of halogens is 1. The monoisotopic (exact) mass is 395 g/mol. The highest BCUT2D eigenvalue weighted by Crippen LogP contribution is 2.18. The van der Waals surface area contributed by atoms with Crippen LogP contribution in [0.3, 0.4) is 0 Å². The molecule has 2 aromatic carbocycles. The quantitative estimate of drug-likeness (QED) is 0.791. The number of anilines is 1. The van der Waals surface area contributed by atoms with Crippen molar-refractivity contribution in [3.63, 3.8) is 0 Å². The van der Waals surface area contributed by atoms with Crippen LogP contribution in [-0.4, -0.2) is 54.3 Å². The SMILES string of the molecule is Cc1cccc(NC(=O)CN2CCN(C(=O)/C=C/c3cccc(F)c3)CC2)c1C. The van der Waals surface area contributed by atoms with Crippen molar-refractivity contribution >= 4 is 23.6 Å². The molecule has 0 spiro atoms. The zero-order valence-electron chi connectivity index (χ0n) is 16.8. The fourth-order valence-corrected chi connectivity index (χ4v) is 3.29. The lowest BCUT2D eigenvalue weighted by Gasteiger charge is -2.33. The Morgan fingerprint density at radius 1 is 1.07 bits per heavy atom. The van der Waals surface area contributed by atoms with Gasteiger partial charge in [-0.2, -0.15) is 0 Å². The second kappa shape index (κ2) is 9.47. The number of rotatable bonds is 5. The molecular formula is C23H26FN3O2. The van der Waals surface area contributed by atoms with Crippen molar-refractivity contribution in [2.75, 3.05) is 38.0 Å². The normalized spacial score (nSPS) is 14.9. The average molecular weight is 395 g/mol. The summed E-state index contributed by atoms with van der Waals surface area (Å²) < 4.78 is 13.2. The lowest BCUT2D eigenvalue weighted by molar-refractivity contribution is -0.127. The van der Waals surface area contributed by atoms with Gasteiger partial charge in [0.25, 0.3) is 0 Å². The van der Waals surface area contributed by atoms with E-state index >= 15 is 0 Å². The highest BCUT2D eigenvalue weighted by molar-refractivity contribution is 5.93. The number of nitrogens with zero attached hydrogens (tertiary/aromatic N) is 2. The predicted octanol–water partition coefficient (Wildman–Crippen LogP) is 3.24. The van der Waals surface area contributed by atoms with Gasteiger partial charge in [-0.15, -0.1) is 0 Å². The fourth-order valence-electron chi connectivity index (χ4n) is 3.29. The Morgan fingerprint density at radius 2 is 1.79 bits per heavy atom. The summed E-state index contributed by atoms with van der Waals surface area (Å²) in [5, 5.41) is 2.97. The second-order valence-electron chi connectivity index (χ2n) is 7.29. The minimum absolute atomic E-state index is 0.0514. The Labute approximate surface area is 170 Å². The molecule has 1 saturated heterocycles. The first-order chi connectivity index (χ1) is 13.9. The Morgan fingerprint density at radius 3 is 2.52 bits per heavy atom. The standard InChI is InChI=1S/C23H26FN3O2/c1-17-5-3-8-21(18(17)2)25-22(28)16-26-11-13-27(14-12-26)23(29)10-9-19-6-4-7-20(24)15-19/h3-10,15H,11-14,16H2,1-2H3,(H,25,28)/b10-9+. The summed E-state index contributed by atoms with van der Waals surface area (Å²) in [7, 11) is 0. The molecule has 2 aromatic rings. The number of carbonyl (C=O) groups is 2. The highest BCUT2D eigenvalue weighted by atomic mass is 19.1. The molecule has 3 rings (SSSR count). The van der Waals surface area contributed by atoms with E-state index < -0.39 is 0 Å². The van der Waals surface area contributed by atoms with Crippen molar-refractivity contribution in [2.24, 2.45) is 0 Å². The predicted molar refractivity (Wildman–Crippen MR) is 113 cm³/mol. The molecule has 1 N–H and O–H groups in total. The average Bonchev–Trinajstić information content (AvgIpc) is 2.70. The van der Waals surface area contributed by atoms with Gasteiger partial charge in [0.05, 0.1) is 6.54 Å². The Hall–Kier alpha value is -2.99. The Balaban J connectivity index is 1.46. The maximum absolute atomic E-state index is 13.2. The van der Waals surface area contributed by atoms with Gasteiger partial charge in [-0.1, -0.05) is 24.3 Å². The molecule has 2 amide bonds. The van der Waals surface area contributed by atoms with Crippen molar-refractivity contribution in [1.82, 2.24) is 9.80 Å². The molecule has 29 heavy (non-hydrogen) atoms. The lowest BCUT2D eigenvalue weighted by Crippen LogP contribution is -2.50. The van der Waals surface area contributed by atoms with E-state index in [4.69, 9.17) is 0 Å². The molecule has 0 unspecified atom stereocenters. The first kappa shape index (κ1) is 20.7. The van der Waals surface area contributed by atoms with Gasteiger partial charge in [-0.3, -0.25) is 14.5 Å². The summed E-state index contributed by atoms with van der Waals surface area (Å²) in [6.45, 7) is 6.71. The van der Waals surface area contributed by atoms with Crippen LogP contribution in [0.2, 0.25) is 0 Å². The molecule has 0 aromatic heterocycles. The second-order valence-corrected chi connectivity index (χ2v) is 7.29. The van der Waals surface area contributed by atoms with Crippen LogP contribution in [0, 0.1) is 19.7 Å². The van der Waals surface area contributed by atoms with E-state index in [0.29, 0.717) is 38.3 Å². The van der Waals surface area contributed by atoms with Gasteiger partial charge in [0.15, 0.2) is 0 Å². The molecule has 152 valence electrons. The van der Waals surface area contributed by atoms with Gasteiger partial charge in [0, 0.05) is 37.9 Å². The summed E-state index contributed by atoms with van der Waals surface area (Å²) in [4.78, 5) is 28.5. The van der Waals surface area contributed by atoms with Crippen LogP contribution in [0.25, 0.3) is 6.08 Å². The maximum Gasteiger partial charge on any atom is 0.246 e. The molecule has 0 atom stereocenters. The number of aryl methyl sites for hydroxylation is 1. The van der Waals surface area contributed by atoms with Crippen LogP contribution in [0.5, 0.6) is 0 Å². The first-order valence-electron chi connectivity index (χ1n) is 9.73. The van der Waals surface area contributed by atoms with E-state index in [1.807, 2.05) is 36.9 Å². The van der Waals surface area contributed by atoms with Crippen LogP contribution in [0.1, 0.15) is 16.7 Å². The van der Waals surface area contributed by atoms with Crippen molar-refractivity contribution in [1.29, 1.82) is 0 Å². The molecule has 0 radical (unpaired) electrons. The van der Waals surface area contributed by atoms with Gasteiger partial charge in [0.1, 0.15) is 5.82 Å². The van der Waals surface area contributed by atoms with Crippen LogP contribution < -0.4 is 5.32 Å². The number of piperazine rings is 1. The van der Waals surface area contributed by atoms with Crippen LogP contribution in [0.4, 0.5) is 10.1 Å². The molecule has 0 bridgehead atoms. The van der Waals surface area contributed by atoms with Crippen molar-refractivity contribution in [3.8, 4) is 0 Å². The minimum Gasteiger partial charge on any atom is -0.337 e. The topological polar surface area (TPSA) is 52.7 Å². The van der Waals surface area contributed by atoms with Gasteiger partial charge in [-0.25, -0.2) is 4.39 Å². The molecule has 0 aliphatic carbocycles. The van der Waals surface area contributed by atoms with E-state index in [-0.39, 0.29) is 17.6 Å². The van der Waals surface area contributed by atoms with Crippen LogP contribution in [0.15, 0.2) is 48.5 Å². The largest absolute Gasteiger partial charge is 0.337 e. The molecule has 5 nitrogen and oxygen atoms in total. The fraction of sp³-hybridized carbons (Fsp3) is 0.304. The smallest absolute Gasteiger partial charge is 0.246 e. The number of amides is 2. The molecular weight excluding hydrogens is 369 g/mol. The third-order valence-electron chi connectivity index (χ3n) is 5.20. The third-order valence-corrected chi connectivity index (χ3v) is 5.20. The molecule has 1 aliphatic rings. The lowest BCUT2D eigenvalue weighted by atomic mass is 10.1. The highest BCUT2D eigenvalue weighted by Gasteiger charge is 2.21. The van der Waals surface area contributed by atoms with Gasteiger partial charge in [0.2, 0.25) is 11.8 Å². The molecule has 0 saturated carbocycles. The van der Waals surface area contributed by atoms with E-state index in [9.17, 15) is 14.0 Å². The Kier molecular flexibility index (Phi) is 6.77. The Bertz CT molecular complexity index is 918.